The summed E-state index contributed by atoms with van der Waals surface area (Å²) < 4.78 is 0. The van der Waals surface area contributed by atoms with Crippen molar-refractivity contribution < 1.29 is 4.79 Å². The fourth-order valence-electron chi connectivity index (χ4n) is 2.48. The van der Waals surface area contributed by atoms with Crippen LogP contribution in [0.5, 0.6) is 0 Å². The van der Waals surface area contributed by atoms with Gasteiger partial charge in [-0.2, -0.15) is 0 Å². The summed E-state index contributed by atoms with van der Waals surface area (Å²) in [6.07, 6.45) is 2.77. The van der Waals surface area contributed by atoms with Crippen LogP contribution in [0.3, 0.4) is 0 Å². The van der Waals surface area contributed by atoms with Crippen LogP contribution in [0.2, 0.25) is 0 Å². The molecule has 2 rings (SSSR count). The molecule has 1 aromatic heterocycles. The Balaban J connectivity index is 1.98. The molecule has 18 heavy (non-hydrogen) atoms. The first kappa shape index (κ1) is 13.5. The Bertz CT molecular complexity index is 422. The number of thiazole rings is 1. The van der Waals surface area contributed by atoms with Crippen molar-refractivity contribution in [1.82, 2.24) is 15.6 Å². The van der Waals surface area contributed by atoms with Crippen molar-refractivity contribution in [1.29, 1.82) is 0 Å². The molecule has 1 aromatic rings. The van der Waals surface area contributed by atoms with E-state index in [1.807, 2.05) is 13.1 Å². The molecule has 4 nitrogen and oxygen atoms in total. The predicted octanol–water partition coefficient (Wildman–Crippen LogP) is 1.70. The van der Waals surface area contributed by atoms with Crippen molar-refractivity contribution >= 4 is 17.2 Å². The standard InChI is InChI=1S/C13H21N3OS/c1-9(2)13(4-5-14-8-13)12(17)16-7-11-15-6-10(3)18-11/h6,9,14H,4-5,7-8H2,1-3H3,(H,16,17). The minimum atomic E-state index is -0.244. The average molecular weight is 267 g/mol. The summed E-state index contributed by atoms with van der Waals surface area (Å²) in [7, 11) is 0. The van der Waals surface area contributed by atoms with E-state index in [1.165, 1.54) is 4.88 Å². The molecule has 0 aliphatic carbocycles. The highest BCUT2D eigenvalue weighted by molar-refractivity contribution is 7.11. The molecule has 1 aliphatic heterocycles. The van der Waals surface area contributed by atoms with E-state index in [2.05, 4.69) is 29.5 Å². The third-order valence-corrected chi connectivity index (χ3v) is 4.73. The molecule has 1 saturated heterocycles. The Hall–Kier alpha value is -0.940. The van der Waals surface area contributed by atoms with E-state index in [9.17, 15) is 4.79 Å². The van der Waals surface area contributed by atoms with Crippen molar-refractivity contribution in [3.05, 3.63) is 16.1 Å². The summed E-state index contributed by atoms with van der Waals surface area (Å²) in [6.45, 7) is 8.54. The molecule has 1 fully saturated rings. The second kappa shape index (κ2) is 5.36. The number of nitrogens with zero attached hydrogens (tertiary/aromatic N) is 1. The summed E-state index contributed by atoms with van der Waals surface area (Å²) in [4.78, 5) is 17.9. The summed E-state index contributed by atoms with van der Waals surface area (Å²) in [5.41, 5.74) is -0.244. The number of carbonyl (C=O) groups is 1. The molecule has 0 radical (unpaired) electrons. The number of aromatic nitrogens is 1. The SMILES string of the molecule is Cc1cnc(CNC(=O)C2(C(C)C)CCNC2)s1. The van der Waals surface area contributed by atoms with Gasteiger partial charge in [0.15, 0.2) is 0 Å². The Kier molecular flexibility index (Phi) is 4.02. The van der Waals surface area contributed by atoms with Gasteiger partial charge in [-0.05, 0) is 25.8 Å². The van der Waals surface area contributed by atoms with Crippen molar-refractivity contribution in [2.24, 2.45) is 11.3 Å². The molecule has 2 N–H and O–H groups in total. The zero-order valence-electron chi connectivity index (χ0n) is 11.2. The number of aryl methyl sites for hydroxylation is 1. The Morgan fingerprint density at radius 1 is 1.67 bits per heavy atom. The highest BCUT2D eigenvalue weighted by Crippen LogP contribution is 2.34. The molecule has 1 amide bonds. The summed E-state index contributed by atoms with van der Waals surface area (Å²) in [5.74, 6) is 0.515. The molecule has 0 saturated carbocycles. The zero-order valence-corrected chi connectivity index (χ0v) is 12.1. The maximum absolute atomic E-state index is 12.4. The van der Waals surface area contributed by atoms with E-state index >= 15 is 0 Å². The van der Waals surface area contributed by atoms with Gasteiger partial charge >= 0.3 is 0 Å². The van der Waals surface area contributed by atoms with Gasteiger partial charge in [0, 0.05) is 17.6 Å². The number of hydrogen-bond donors (Lipinski definition) is 2. The fourth-order valence-corrected chi connectivity index (χ4v) is 3.20. The first-order chi connectivity index (χ1) is 8.54. The molecular formula is C13H21N3OS. The molecule has 1 unspecified atom stereocenters. The lowest BCUT2D eigenvalue weighted by molar-refractivity contribution is -0.132. The number of carbonyl (C=O) groups excluding carboxylic acids is 1. The summed E-state index contributed by atoms with van der Waals surface area (Å²) >= 11 is 1.64. The van der Waals surface area contributed by atoms with Crippen molar-refractivity contribution in [3.63, 3.8) is 0 Å². The Labute approximate surface area is 112 Å². The van der Waals surface area contributed by atoms with Crippen LogP contribution in [0.15, 0.2) is 6.20 Å². The second-order valence-electron chi connectivity index (χ2n) is 5.28. The van der Waals surface area contributed by atoms with Gasteiger partial charge in [0.1, 0.15) is 5.01 Å². The Morgan fingerprint density at radius 3 is 2.94 bits per heavy atom. The van der Waals surface area contributed by atoms with E-state index in [4.69, 9.17) is 0 Å². The van der Waals surface area contributed by atoms with E-state index < -0.39 is 0 Å². The highest BCUT2D eigenvalue weighted by atomic mass is 32.1. The van der Waals surface area contributed by atoms with Crippen LogP contribution in [0.25, 0.3) is 0 Å². The third kappa shape index (κ3) is 2.57. The summed E-state index contributed by atoms with van der Waals surface area (Å²) in [6, 6.07) is 0. The zero-order chi connectivity index (χ0) is 13.2. The molecule has 1 atom stereocenters. The van der Waals surface area contributed by atoms with Gasteiger partial charge in [-0.25, -0.2) is 4.98 Å². The maximum Gasteiger partial charge on any atom is 0.228 e. The number of nitrogens with one attached hydrogen (secondary N) is 2. The van der Waals surface area contributed by atoms with Gasteiger partial charge in [0.05, 0.1) is 12.0 Å². The minimum absolute atomic E-state index is 0.162. The van der Waals surface area contributed by atoms with Crippen LogP contribution in [-0.2, 0) is 11.3 Å². The molecule has 2 heterocycles. The fraction of sp³-hybridized carbons (Fsp3) is 0.692. The lowest BCUT2D eigenvalue weighted by Gasteiger charge is -2.30. The van der Waals surface area contributed by atoms with Crippen LogP contribution in [0, 0.1) is 18.3 Å². The van der Waals surface area contributed by atoms with Crippen molar-refractivity contribution in [2.75, 3.05) is 13.1 Å². The van der Waals surface area contributed by atoms with Gasteiger partial charge in [0.25, 0.3) is 0 Å². The summed E-state index contributed by atoms with van der Waals surface area (Å²) in [5, 5.41) is 7.33. The number of hydrogen-bond acceptors (Lipinski definition) is 4. The maximum atomic E-state index is 12.4. The van der Waals surface area contributed by atoms with E-state index in [0.717, 1.165) is 24.5 Å². The topological polar surface area (TPSA) is 54.0 Å². The first-order valence-electron chi connectivity index (χ1n) is 6.45. The van der Waals surface area contributed by atoms with Crippen molar-refractivity contribution in [3.8, 4) is 0 Å². The van der Waals surface area contributed by atoms with Crippen LogP contribution in [-0.4, -0.2) is 24.0 Å². The average Bonchev–Trinajstić information content (AvgIpc) is 2.95. The van der Waals surface area contributed by atoms with Crippen molar-refractivity contribution in [2.45, 2.75) is 33.7 Å². The van der Waals surface area contributed by atoms with Crippen LogP contribution < -0.4 is 10.6 Å². The van der Waals surface area contributed by atoms with Crippen LogP contribution in [0.1, 0.15) is 30.2 Å². The Morgan fingerprint density at radius 2 is 2.44 bits per heavy atom. The van der Waals surface area contributed by atoms with Crippen LogP contribution >= 0.6 is 11.3 Å². The van der Waals surface area contributed by atoms with E-state index in [0.29, 0.717) is 12.5 Å². The van der Waals surface area contributed by atoms with Gasteiger partial charge in [-0.1, -0.05) is 13.8 Å². The normalized spacial score (nSPS) is 23.6. The molecule has 1 aliphatic rings. The molecule has 0 aromatic carbocycles. The van der Waals surface area contributed by atoms with Gasteiger partial charge in [-0.3, -0.25) is 4.79 Å². The second-order valence-corrected chi connectivity index (χ2v) is 6.60. The highest BCUT2D eigenvalue weighted by Gasteiger charge is 2.43. The number of rotatable bonds is 4. The van der Waals surface area contributed by atoms with Gasteiger partial charge in [0.2, 0.25) is 5.91 Å². The molecule has 100 valence electrons. The first-order valence-corrected chi connectivity index (χ1v) is 7.26. The number of amides is 1. The monoisotopic (exact) mass is 267 g/mol. The van der Waals surface area contributed by atoms with Gasteiger partial charge in [-0.15, -0.1) is 11.3 Å². The lowest BCUT2D eigenvalue weighted by atomic mass is 9.75. The molecule has 0 bridgehead atoms. The van der Waals surface area contributed by atoms with E-state index in [-0.39, 0.29) is 11.3 Å². The lowest BCUT2D eigenvalue weighted by Crippen LogP contribution is -2.45. The largest absolute Gasteiger partial charge is 0.349 e. The van der Waals surface area contributed by atoms with Crippen LogP contribution in [0.4, 0.5) is 0 Å². The van der Waals surface area contributed by atoms with E-state index in [1.54, 1.807) is 11.3 Å². The third-order valence-electron chi connectivity index (χ3n) is 3.82. The predicted molar refractivity (Wildman–Crippen MR) is 73.5 cm³/mol. The van der Waals surface area contributed by atoms with Gasteiger partial charge < -0.3 is 10.6 Å². The quantitative estimate of drug-likeness (QED) is 0.873. The minimum Gasteiger partial charge on any atom is -0.349 e. The molecule has 0 spiro atoms. The smallest absolute Gasteiger partial charge is 0.228 e. The molecule has 5 heteroatoms. The molecular weight excluding hydrogens is 246 g/mol.